The van der Waals surface area contributed by atoms with Gasteiger partial charge >= 0.3 is 0 Å². The Balaban J connectivity index is 2.92. The minimum Gasteiger partial charge on any atom is -0.507 e. The van der Waals surface area contributed by atoms with Crippen molar-refractivity contribution < 1.29 is 10.2 Å². The van der Waals surface area contributed by atoms with Gasteiger partial charge in [0.1, 0.15) is 5.75 Å². The van der Waals surface area contributed by atoms with E-state index in [2.05, 4.69) is 24.1 Å². The predicted molar refractivity (Wildman–Crippen MR) is 70.6 cm³/mol. The van der Waals surface area contributed by atoms with Gasteiger partial charge in [-0.3, -0.25) is 0 Å². The number of hydrogen-bond donors (Lipinski definition) is 3. The van der Waals surface area contributed by atoms with E-state index in [4.69, 9.17) is 0 Å². The van der Waals surface area contributed by atoms with E-state index < -0.39 is 6.10 Å². The molecule has 0 aliphatic rings. The number of rotatable bonds is 6. The number of phenols is 1. The highest BCUT2D eigenvalue weighted by atomic mass is 16.3. The number of nitrogens with one attached hydrogen (secondary N) is 1. The van der Waals surface area contributed by atoms with Gasteiger partial charge in [0.15, 0.2) is 0 Å². The fourth-order valence-corrected chi connectivity index (χ4v) is 1.90. The maximum Gasteiger partial charge on any atom is 0.123 e. The summed E-state index contributed by atoms with van der Waals surface area (Å²) in [7, 11) is 1.77. The van der Waals surface area contributed by atoms with Crippen LogP contribution >= 0.6 is 0 Å². The van der Waals surface area contributed by atoms with E-state index in [0.717, 1.165) is 18.8 Å². The van der Waals surface area contributed by atoms with E-state index in [1.807, 2.05) is 6.07 Å². The molecule has 1 unspecified atom stereocenters. The lowest BCUT2D eigenvalue weighted by molar-refractivity contribution is 0.174. The second-order valence-corrected chi connectivity index (χ2v) is 3.99. The SMILES string of the molecule is CCN(CC)c1ccc(C(O)CNC)c(O)c1. The molecule has 1 aromatic carbocycles. The summed E-state index contributed by atoms with van der Waals surface area (Å²) in [5.41, 5.74) is 1.54. The lowest BCUT2D eigenvalue weighted by Gasteiger charge is -2.22. The van der Waals surface area contributed by atoms with Gasteiger partial charge in [0.25, 0.3) is 0 Å². The van der Waals surface area contributed by atoms with Crippen molar-refractivity contribution in [2.45, 2.75) is 20.0 Å². The second-order valence-electron chi connectivity index (χ2n) is 3.99. The van der Waals surface area contributed by atoms with Crippen LogP contribution in [0.15, 0.2) is 18.2 Å². The van der Waals surface area contributed by atoms with Crippen molar-refractivity contribution in [2.75, 3.05) is 31.6 Å². The standard InChI is InChI=1S/C13H22N2O2/c1-4-15(5-2)10-6-7-11(12(16)8-10)13(17)9-14-3/h6-8,13-14,16-17H,4-5,9H2,1-3H3. The third-order valence-electron chi connectivity index (χ3n) is 2.90. The molecule has 0 aromatic heterocycles. The average molecular weight is 238 g/mol. The molecule has 0 fully saturated rings. The lowest BCUT2D eigenvalue weighted by Crippen LogP contribution is -2.22. The van der Waals surface area contributed by atoms with E-state index >= 15 is 0 Å². The normalized spacial score (nSPS) is 12.5. The Hall–Kier alpha value is -1.26. The number of likely N-dealkylation sites (N-methyl/N-ethyl adjacent to an activating group) is 1. The van der Waals surface area contributed by atoms with E-state index in [0.29, 0.717) is 12.1 Å². The Morgan fingerprint density at radius 1 is 1.29 bits per heavy atom. The van der Waals surface area contributed by atoms with Crippen LogP contribution in [0, 0.1) is 0 Å². The number of hydrogen-bond acceptors (Lipinski definition) is 4. The highest BCUT2D eigenvalue weighted by Gasteiger charge is 2.13. The van der Waals surface area contributed by atoms with E-state index in [1.165, 1.54) is 0 Å². The van der Waals surface area contributed by atoms with Crippen molar-refractivity contribution >= 4 is 5.69 Å². The van der Waals surface area contributed by atoms with Gasteiger partial charge in [0.05, 0.1) is 6.10 Å². The van der Waals surface area contributed by atoms with Gasteiger partial charge < -0.3 is 20.4 Å². The molecule has 0 saturated heterocycles. The minimum absolute atomic E-state index is 0.150. The van der Waals surface area contributed by atoms with E-state index in [-0.39, 0.29) is 5.75 Å². The first-order valence-corrected chi connectivity index (χ1v) is 6.04. The molecule has 0 radical (unpaired) electrons. The first-order valence-electron chi connectivity index (χ1n) is 6.04. The lowest BCUT2D eigenvalue weighted by atomic mass is 10.1. The van der Waals surface area contributed by atoms with Crippen molar-refractivity contribution in [2.24, 2.45) is 0 Å². The number of anilines is 1. The van der Waals surface area contributed by atoms with Crippen LogP contribution in [-0.4, -0.2) is 36.9 Å². The van der Waals surface area contributed by atoms with Gasteiger partial charge in [0.2, 0.25) is 0 Å². The zero-order valence-corrected chi connectivity index (χ0v) is 10.8. The first-order chi connectivity index (χ1) is 8.13. The molecular weight excluding hydrogens is 216 g/mol. The molecule has 0 heterocycles. The summed E-state index contributed by atoms with van der Waals surface area (Å²) < 4.78 is 0. The summed E-state index contributed by atoms with van der Waals surface area (Å²) in [6.07, 6.45) is -0.675. The predicted octanol–water partition coefficient (Wildman–Crippen LogP) is 1.49. The van der Waals surface area contributed by atoms with Gasteiger partial charge in [-0.25, -0.2) is 0 Å². The molecule has 96 valence electrons. The third-order valence-corrected chi connectivity index (χ3v) is 2.90. The van der Waals surface area contributed by atoms with Crippen LogP contribution in [0.4, 0.5) is 5.69 Å². The average Bonchev–Trinajstić information content (AvgIpc) is 2.31. The number of phenolic OH excluding ortho intramolecular Hbond substituents is 1. The highest BCUT2D eigenvalue weighted by Crippen LogP contribution is 2.28. The van der Waals surface area contributed by atoms with Gasteiger partial charge in [0, 0.05) is 37.0 Å². The largest absolute Gasteiger partial charge is 0.507 e. The zero-order chi connectivity index (χ0) is 12.8. The summed E-state index contributed by atoms with van der Waals surface area (Å²) in [6, 6.07) is 5.42. The van der Waals surface area contributed by atoms with Gasteiger partial charge in [-0.1, -0.05) is 6.07 Å². The number of aromatic hydroxyl groups is 1. The molecule has 1 rings (SSSR count). The second kappa shape index (κ2) is 6.47. The maximum absolute atomic E-state index is 9.91. The number of aliphatic hydroxyl groups is 1. The molecule has 4 heteroatoms. The fraction of sp³-hybridized carbons (Fsp3) is 0.538. The van der Waals surface area contributed by atoms with Gasteiger partial charge in [-0.05, 0) is 27.0 Å². The molecular formula is C13H22N2O2. The third kappa shape index (κ3) is 3.35. The van der Waals surface area contributed by atoms with Crippen molar-refractivity contribution in [1.29, 1.82) is 0 Å². The first kappa shape index (κ1) is 13.8. The molecule has 17 heavy (non-hydrogen) atoms. The van der Waals surface area contributed by atoms with Gasteiger partial charge in [-0.15, -0.1) is 0 Å². The van der Waals surface area contributed by atoms with Crippen LogP contribution in [0.3, 0.4) is 0 Å². The monoisotopic (exact) mass is 238 g/mol. The topological polar surface area (TPSA) is 55.7 Å². The molecule has 0 amide bonds. The van der Waals surface area contributed by atoms with Crippen LogP contribution in [-0.2, 0) is 0 Å². The summed E-state index contributed by atoms with van der Waals surface area (Å²) in [4.78, 5) is 2.15. The van der Waals surface area contributed by atoms with Crippen molar-refractivity contribution in [1.82, 2.24) is 5.32 Å². The maximum atomic E-state index is 9.91. The van der Waals surface area contributed by atoms with Crippen molar-refractivity contribution in [3.8, 4) is 5.75 Å². The molecule has 0 bridgehead atoms. The summed E-state index contributed by atoms with van der Waals surface area (Å²) in [5.74, 6) is 0.150. The van der Waals surface area contributed by atoms with Crippen LogP contribution in [0.2, 0.25) is 0 Å². The summed E-state index contributed by atoms with van der Waals surface area (Å²) in [5, 5.41) is 22.6. The minimum atomic E-state index is -0.675. The van der Waals surface area contributed by atoms with Crippen molar-refractivity contribution in [3.63, 3.8) is 0 Å². The van der Waals surface area contributed by atoms with Crippen LogP contribution in [0.5, 0.6) is 5.75 Å². The van der Waals surface area contributed by atoms with E-state index in [9.17, 15) is 10.2 Å². The molecule has 0 spiro atoms. The van der Waals surface area contributed by atoms with Crippen LogP contribution in [0.25, 0.3) is 0 Å². The molecule has 1 aromatic rings. The summed E-state index contributed by atoms with van der Waals surface area (Å²) >= 11 is 0. The smallest absolute Gasteiger partial charge is 0.123 e. The molecule has 1 atom stereocenters. The Labute approximate surface area is 103 Å². The number of benzene rings is 1. The highest BCUT2D eigenvalue weighted by molar-refractivity contribution is 5.53. The van der Waals surface area contributed by atoms with Crippen LogP contribution in [0.1, 0.15) is 25.5 Å². The van der Waals surface area contributed by atoms with Crippen molar-refractivity contribution in [3.05, 3.63) is 23.8 Å². The zero-order valence-electron chi connectivity index (χ0n) is 10.8. The Morgan fingerprint density at radius 3 is 2.41 bits per heavy atom. The molecule has 0 aliphatic heterocycles. The van der Waals surface area contributed by atoms with Gasteiger partial charge in [-0.2, -0.15) is 0 Å². The quantitative estimate of drug-likeness (QED) is 0.703. The number of nitrogens with zero attached hydrogens (tertiary/aromatic N) is 1. The number of aliphatic hydroxyl groups excluding tert-OH is 1. The molecule has 3 N–H and O–H groups in total. The molecule has 0 saturated carbocycles. The summed E-state index contributed by atoms with van der Waals surface area (Å²) in [6.45, 7) is 6.37. The molecule has 0 aliphatic carbocycles. The van der Waals surface area contributed by atoms with E-state index in [1.54, 1.807) is 19.2 Å². The Bertz CT molecular complexity index is 351. The fourth-order valence-electron chi connectivity index (χ4n) is 1.90. The molecule has 4 nitrogen and oxygen atoms in total. The Morgan fingerprint density at radius 2 is 1.94 bits per heavy atom. The Kier molecular flexibility index (Phi) is 5.25. The van der Waals surface area contributed by atoms with Crippen LogP contribution < -0.4 is 10.2 Å².